The van der Waals surface area contributed by atoms with Gasteiger partial charge in [-0.2, -0.15) is 5.10 Å². The molecule has 29 heavy (non-hydrogen) atoms. The van der Waals surface area contributed by atoms with E-state index in [1.807, 2.05) is 37.3 Å². The van der Waals surface area contributed by atoms with E-state index in [0.29, 0.717) is 23.1 Å². The molecule has 0 bridgehead atoms. The van der Waals surface area contributed by atoms with Crippen molar-refractivity contribution in [1.82, 2.24) is 9.78 Å². The van der Waals surface area contributed by atoms with Gasteiger partial charge in [0.1, 0.15) is 5.75 Å². The number of aromatic nitrogens is 2. The fourth-order valence-corrected chi connectivity index (χ4v) is 3.64. The van der Waals surface area contributed by atoms with E-state index in [2.05, 4.69) is 21.0 Å². The van der Waals surface area contributed by atoms with Crippen LogP contribution in [0.5, 0.6) is 5.75 Å². The Morgan fingerprint density at radius 1 is 1.03 bits per heavy atom. The molecule has 0 unspecified atom stereocenters. The quantitative estimate of drug-likeness (QED) is 0.304. The Morgan fingerprint density at radius 2 is 1.76 bits per heavy atom. The van der Waals surface area contributed by atoms with Crippen molar-refractivity contribution in [2.24, 2.45) is 0 Å². The summed E-state index contributed by atoms with van der Waals surface area (Å²) in [5.41, 5.74) is -0.0471. The number of benzene rings is 3. The standard InChI is InChI=1S/C23H19BrN2O3/c1-2-3-12-26-22(27)20-7-5-4-6-19(20)21(25-26)23(28)29-18-11-9-15-13-17(24)10-8-16(15)14-18/h4-11,13-14H,2-3,12H2,1H3. The minimum Gasteiger partial charge on any atom is -0.422 e. The number of esters is 1. The second-order valence-electron chi connectivity index (χ2n) is 6.82. The number of hydrogen-bond donors (Lipinski definition) is 0. The summed E-state index contributed by atoms with van der Waals surface area (Å²) >= 11 is 3.45. The average molecular weight is 451 g/mol. The molecule has 0 atom stereocenters. The molecule has 0 radical (unpaired) electrons. The van der Waals surface area contributed by atoms with Crippen LogP contribution in [0.25, 0.3) is 21.5 Å². The number of aryl methyl sites for hydroxylation is 1. The average Bonchev–Trinajstić information content (AvgIpc) is 2.73. The summed E-state index contributed by atoms with van der Waals surface area (Å²) in [5, 5.41) is 7.30. The summed E-state index contributed by atoms with van der Waals surface area (Å²) in [6.07, 6.45) is 1.73. The van der Waals surface area contributed by atoms with Gasteiger partial charge in [0.2, 0.25) is 0 Å². The van der Waals surface area contributed by atoms with Gasteiger partial charge in [-0.05, 0) is 47.5 Å². The summed E-state index contributed by atoms with van der Waals surface area (Å²) in [4.78, 5) is 25.6. The van der Waals surface area contributed by atoms with Gasteiger partial charge in [-0.3, -0.25) is 4.79 Å². The van der Waals surface area contributed by atoms with Gasteiger partial charge in [0.15, 0.2) is 5.69 Å². The first-order chi connectivity index (χ1) is 14.1. The number of unbranched alkanes of at least 4 members (excludes halogenated alkanes) is 1. The smallest absolute Gasteiger partial charge is 0.364 e. The van der Waals surface area contributed by atoms with Crippen molar-refractivity contribution in [1.29, 1.82) is 0 Å². The maximum atomic E-state index is 12.9. The van der Waals surface area contributed by atoms with E-state index in [1.165, 1.54) is 4.68 Å². The number of hydrogen-bond acceptors (Lipinski definition) is 4. The molecule has 6 heteroatoms. The summed E-state index contributed by atoms with van der Waals surface area (Å²) in [7, 11) is 0. The van der Waals surface area contributed by atoms with Crippen molar-refractivity contribution in [3.63, 3.8) is 0 Å². The van der Waals surface area contributed by atoms with Gasteiger partial charge in [0, 0.05) is 16.4 Å². The fraction of sp³-hybridized carbons (Fsp3) is 0.174. The lowest BCUT2D eigenvalue weighted by Gasteiger charge is -2.11. The molecular weight excluding hydrogens is 432 g/mol. The molecule has 0 N–H and O–H groups in total. The predicted octanol–water partition coefficient (Wildman–Crippen LogP) is 5.33. The molecule has 3 aromatic carbocycles. The van der Waals surface area contributed by atoms with Gasteiger partial charge >= 0.3 is 5.97 Å². The maximum Gasteiger partial charge on any atom is 0.364 e. The predicted molar refractivity (Wildman–Crippen MR) is 118 cm³/mol. The van der Waals surface area contributed by atoms with E-state index in [9.17, 15) is 9.59 Å². The molecule has 0 saturated carbocycles. The lowest BCUT2D eigenvalue weighted by atomic mass is 10.1. The second-order valence-corrected chi connectivity index (χ2v) is 7.73. The highest BCUT2D eigenvalue weighted by atomic mass is 79.9. The first-order valence-corrected chi connectivity index (χ1v) is 10.3. The van der Waals surface area contributed by atoms with Crippen molar-refractivity contribution >= 4 is 43.4 Å². The van der Waals surface area contributed by atoms with Crippen LogP contribution in [-0.2, 0) is 6.54 Å². The Bertz CT molecular complexity index is 1280. The molecule has 0 amide bonds. The zero-order chi connectivity index (χ0) is 20.4. The minimum atomic E-state index is -0.581. The summed E-state index contributed by atoms with van der Waals surface area (Å²) in [6, 6.07) is 18.4. The van der Waals surface area contributed by atoms with Crippen LogP contribution in [-0.4, -0.2) is 15.7 Å². The second kappa shape index (κ2) is 8.17. The topological polar surface area (TPSA) is 61.2 Å². The van der Waals surface area contributed by atoms with Gasteiger partial charge in [-0.1, -0.05) is 59.6 Å². The lowest BCUT2D eigenvalue weighted by Crippen LogP contribution is -2.27. The zero-order valence-corrected chi connectivity index (χ0v) is 17.5. The van der Waals surface area contributed by atoms with Crippen LogP contribution in [0.2, 0.25) is 0 Å². The first kappa shape index (κ1) is 19.3. The third-order valence-corrected chi connectivity index (χ3v) is 5.26. The van der Waals surface area contributed by atoms with Gasteiger partial charge in [-0.15, -0.1) is 0 Å². The Hall–Kier alpha value is -2.99. The number of ether oxygens (including phenoxy) is 1. The zero-order valence-electron chi connectivity index (χ0n) is 15.9. The lowest BCUT2D eigenvalue weighted by molar-refractivity contribution is 0.0728. The van der Waals surface area contributed by atoms with Crippen LogP contribution < -0.4 is 10.3 Å². The van der Waals surface area contributed by atoms with Crippen LogP contribution in [0.4, 0.5) is 0 Å². The van der Waals surface area contributed by atoms with Gasteiger partial charge < -0.3 is 4.74 Å². The van der Waals surface area contributed by atoms with E-state index in [0.717, 1.165) is 28.1 Å². The molecule has 1 aromatic heterocycles. The highest BCUT2D eigenvalue weighted by Gasteiger charge is 2.18. The Balaban J connectivity index is 1.73. The molecule has 0 aliphatic heterocycles. The van der Waals surface area contributed by atoms with Crippen LogP contribution in [0, 0.1) is 0 Å². The summed E-state index contributed by atoms with van der Waals surface area (Å²) in [6.45, 7) is 2.50. The van der Waals surface area contributed by atoms with Gasteiger partial charge in [0.05, 0.1) is 5.39 Å². The number of carbonyl (C=O) groups excluding carboxylic acids is 1. The minimum absolute atomic E-state index is 0.146. The largest absolute Gasteiger partial charge is 0.422 e. The normalized spacial score (nSPS) is 11.1. The SMILES string of the molecule is CCCCn1nc(C(=O)Oc2ccc3cc(Br)ccc3c2)c2ccccc2c1=O. The van der Waals surface area contributed by atoms with Crippen molar-refractivity contribution in [2.45, 2.75) is 26.3 Å². The Kier molecular flexibility index (Phi) is 5.45. The molecule has 0 saturated heterocycles. The third kappa shape index (κ3) is 3.93. The Labute approximate surface area is 176 Å². The van der Waals surface area contributed by atoms with Crippen LogP contribution in [0.15, 0.2) is 69.9 Å². The molecule has 0 aliphatic carbocycles. The van der Waals surface area contributed by atoms with E-state index < -0.39 is 5.97 Å². The van der Waals surface area contributed by atoms with Crippen molar-refractivity contribution in [2.75, 3.05) is 0 Å². The summed E-state index contributed by atoms with van der Waals surface area (Å²) < 4.78 is 7.97. The van der Waals surface area contributed by atoms with Crippen LogP contribution in [0.1, 0.15) is 30.3 Å². The highest BCUT2D eigenvalue weighted by molar-refractivity contribution is 9.10. The highest BCUT2D eigenvalue weighted by Crippen LogP contribution is 2.25. The molecule has 4 aromatic rings. The molecular formula is C23H19BrN2O3. The number of rotatable bonds is 5. The fourth-order valence-electron chi connectivity index (χ4n) is 3.26. The number of carbonyl (C=O) groups is 1. The van der Waals surface area contributed by atoms with E-state index >= 15 is 0 Å². The van der Waals surface area contributed by atoms with Crippen molar-refractivity contribution < 1.29 is 9.53 Å². The molecule has 5 nitrogen and oxygen atoms in total. The maximum absolute atomic E-state index is 12.9. The van der Waals surface area contributed by atoms with Gasteiger partial charge in [-0.25, -0.2) is 9.48 Å². The molecule has 4 rings (SSSR count). The molecule has 0 fully saturated rings. The molecule has 146 valence electrons. The van der Waals surface area contributed by atoms with Crippen LogP contribution >= 0.6 is 15.9 Å². The van der Waals surface area contributed by atoms with E-state index in [4.69, 9.17) is 4.74 Å². The molecule has 1 heterocycles. The van der Waals surface area contributed by atoms with E-state index in [1.54, 1.807) is 30.3 Å². The first-order valence-electron chi connectivity index (χ1n) is 9.48. The van der Waals surface area contributed by atoms with Crippen molar-refractivity contribution in [3.8, 4) is 5.75 Å². The number of nitrogens with zero attached hydrogens (tertiary/aromatic N) is 2. The molecule has 0 spiro atoms. The third-order valence-electron chi connectivity index (χ3n) is 4.77. The van der Waals surface area contributed by atoms with Gasteiger partial charge in [0.25, 0.3) is 5.56 Å². The Morgan fingerprint density at radius 3 is 2.55 bits per heavy atom. The number of fused-ring (bicyclic) bond motifs is 2. The summed E-state index contributed by atoms with van der Waals surface area (Å²) in [5.74, 6) is -0.148. The van der Waals surface area contributed by atoms with E-state index in [-0.39, 0.29) is 11.3 Å². The van der Waals surface area contributed by atoms with Crippen molar-refractivity contribution in [3.05, 3.63) is 81.2 Å². The molecule has 0 aliphatic rings. The number of halogens is 1. The monoisotopic (exact) mass is 450 g/mol. The van der Waals surface area contributed by atoms with Crippen LogP contribution in [0.3, 0.4) is 0 Å².